The number of halogens is 4. The molecule has 0 radical (unpaired) electrons. The summed E-state index contributed by atoms with van der Waals surface area (Å²) in [5, 5.41) is 0. The number of benzene rings is 2. The second-order valence-electron chi connectivity index (χ2n) is 4.66. The number of hydrogen-bond donors (Lipinski definition) is 0. The van der Waals surface area contributed by atoms with Gasteiger partial charge >= 0.3 is 0 Å². The van der Waals surface area contributed by atoms with Crippen molar-refractivity contribution in [1.29, 1.82) is 0 Å². The van der Waals surface area contributed by atoms with E-state index in [4.69, 9.17) is 4.74 Å². The normalized spacial score (nSPS) is 10.7. The summed E-state index contributed by atoms with van der Waals surface area (Å²) in [6, 6.07) is 5.83. The maximum absolute atomic E-state index is 13.4. The lowest BCUT2D eigenvalue weighted by Crippen LogP contribution is -2.03. The molecule has 0 saturated heterocycles. The first kappa shape index (κ1) is 15.4. The molecule has 0 aliphatic rings. The van der Waals surface area contributed by atoms with Crippen LogP contribution in [0, 0.1) is 30.2 Å². The summed E-state index contributed by atoms with van der Waals surface area (Å²) in [5.74, 6) is -2.54. The quantitative estimate of drug-likeness (QED) is 0.580. The Labute approximate surface area is 120 Å². The maximum atomic E-state index is 13.4. The van der Waals surface area contributed by atoms with Crippen LogP contribution in [-0.4, -0.2) is 6.61 Å². The lowest BCUT2D eigenvalue weighted by atomic mass is 10.1. The minimum atomic E-state index is -0.690. The van der Waals surface area contributed by atoms with E-state index in [1.807, 2.05) is 0 Å². The van der Waals surface area contributed by atoms with E-state index >= 15 is 0 Å². The minimum Gasteiger partial charge on any atom is -0.493 e. The van der Waals surface area contributed by atoms with E-state index in [1.54, 1.807) is 0 Å². The Kier molecular flexibility index (Phi) is 4.83. The average Bonchev–Trinajstić information content (AvgIpc) is 2.43. The molecule has 2 aromatic carbocycles. The average molecular weight is 298 g/mol. The molecule has 0 aliphatic carbocycles. The molecule has 2 aromatic rings. The van der Waals surface area contributed by atoms with Gasteiger partial charge < -0.3 is 4.74 Å². The third kappa shape index (κ3) is 3.74. The van der Waals surface area contributed by atoms with Gasteiger partial charge in [-0.1, -0.05) is 6.07 Å². The monoisotopic (exact) mass is 298 g/mol. The molecule has 21 heavy (non-hydrogen) atoms. The van der Waals surface area contributed by atoms with Crippen LogP contribution in [0.3, 0.4) is 0 Å². The highest BCUT2D eigenvalue weighted by Crippen LogP contribution is 2.20. The van der Waals surface area contributed by atoms with Gasteiger partial charge in [0.25, 0.3) is 0 Å². The molecule has 0 spiro atoms. The van der Waals surface area contributed by atoms with Crippen LogP contribution in [0.15, 0.2) is 30.3 Å². The molecule has 0 aromatic heterocycles. The number of ether oxygens (including phenoxy) is 1. The Morgan fingerprint density at radius 2 is 1.48 bits per heavy atom. The van der Waals surface area contributed by atoms with Gasteiger partial charge in [0.15, 0.2) is 0 Å². The van der Waals surface area contributed by atoms with Crippen LogP contribution in [0.5, 0.6) is 5.75 Å². The van der Waals surface area contributed by atoms with Crippen molar-refractivity contribution in [3.05, 3.63) is 64.7 Å². The van der Waals surface area contributed by atoms with Crippen LogP contribution in [0.25, 0.3) is 0 Å². The maximum Gasteiger partial charge on any atom is 0.132 e. The molecule has 112 valence electrons. The summed E-state index contributed by atoms with van der Waals surface area (Å²) in [7, 11) is 0. The predicted molar refractivity (Wildman–Crippen MR) is 71.3 cm³/mol. The first-order valence-corrected chi connectivity index (χ1v) is 6.50. The van der Waals surface area contributed by atoms with Gasteiger partial charge in [0.1, 0.15) is 29.0 Å². The van der Waals surface area contributed by atoms with Crippen molar-refractivity contribution in [1.82, 2.24) is 0 Å². The van der Waals surface area contributed by atoms with Crippen LogP contribution in [0.1, 0.15) is 17.5 Å². The molecule has 5 heteroatoms. The molecule has 1 nitrogen and oxygen atoms in total. The number of hydrogen-bond acceptors (Lipinski definition) is 1. The molecular formula is C16H14F4O. The third-order valence-electron chi connectivity index (χ3n) is 3.16. The molecule has 0 N–H and O–H groups in total. The van der Waals surface area contributed by atoms with Gasteiger partial charge in [0.2, 0.25) is 0 Å². The second kappa shape index (κ2) is 6.61. The van der Waals surface area contributed by atoms with E-state index in [9.17, 15) is 17.6 Å². The highest BCUT2D eigenvalue weighted by molar-refractivity contribution is 5.29. The van der Waals surface area contributed by atoms with Crippen LogP contribution < -0.4 is 4.74 Å². The zero-order chi connectivity index (χ0) is 15.4. The Morgan fingerprint density at radius 3 is 2.05 bits per heavy atom. The highest BCUT2D eigenvalue weighted by Gasteiger charge is 2.09. The minimum absolute atomic E-state index is 0.0117. The van der Waals surface area contributed by atoms with Crippen molar-refractivity contribution >= 4 is 0 Å². The summed E-state index contributed by atoms with van der Waals surface area (Å²) in [4.78, 5) is 0. The van der Waals surface area contributed by atoms with Crippen molar-refractivity contribution in [2.75, 3.05) is 6.61 Å². The second-order valence-corrected chi connectivity index (χ2v) is 4.66. The Bertz CT molecular complexity index is 597. The summed E-state index contributed by atoms with van der Waals surface area (Å²) in [6.07, 6.45) is 0.476. The standard InChI is InChI=1S/C16H14F4O/c1-10-15(19)8-11(9-16(10)20)21-7-3-4-12-13(17)5-2-6-14(12)18/h2,5-6,8-9H,3-4,7H2,1H3. The fourth-order valence-electron chi connectivity index (χ4n) is 1.92. The molecule has 0 fully saturated rings. The van der Waals surface area contributed by atoms with E-state index in [0.29, 0.717) is 6.42 Å². The third-order valence-corrected chi connectivity index (χ3v) is 3.16. The molecule has 2 rings (SSSR count). The van der Waals surface area contributed by atoms with Crippen molar-refractivity contribution in [3.8, 4) is 5.75 Å². The van der Waals surface area contributed by atoms with Gasteiger partial charge in [0.05, 0.1) is 6.61 Å². The van der Waals surface area contributed by atoms with Crippen LogP contribution >= 0.6 is 0 Å². The van der Waals surface area contributed by atoms with Crippen LogP contribution in [0.4, 0.5) is 17.6 Å². The first-order valence-electron chi connectivity index (χ1n) is 6.50. The number of rotatable bonds is 5. The van der Waals surface area contributed by atoms with Crippen LogP contribution in [-0.2, 0) is 6.42 Å². The summed E-state index contributed by atoms with van der Waals surface area (Å²) in [5.41, 5.74) is -0.0851. The molecule has 0 unspecified atom stereocenters. The van der Waals surface area contributed by atoms with Crippen molar-refractivity contribution in [2.24, 2.45) is 0 Å². The van der Waals surface area contributed by atoms with E-state index in [1.165, 1.54) is 25.1 Å². The summed E-state index contributed by atoms with van der Waals surface area (Å²) >= 11 is 0. The zero-order valence-corrected chi connectivity index (χ0v) is 11.4. The molecule has 0 bridgehead atoms. The van der Waals surface area contributed by atoms with Gasteiger partial charge in [-0.15, -0.1) is 0 Å². The van der Waals surface area contributed by atoms with Gasteiger partial charge in [-0.2, -0.15) is 0 Å². The van der Waals surface area contributed by atoms with Crippen molar-refractivity contribution in [3.63, 3.8) is 0 Å². The predicted octanol–water partition coefficient (Wildman–Crippen LogP) is 4.56. The SMILES string of the molecule is Cc1c(F)cc(OCCCc2c(F)cccc2F)cc1F. The van der Waals surface area contributed by atoms with E-state index in [-0.39, 0.29) is 29.9 Å². The van der Waals surface area contributed by atoms with E-state index in [0.717, 1.165) is 12.1 Å². The van der Waals surface area contributed by atoms with Crippen molar-refractivity contribution < 1.29 is 22.3 Å². The van der Waals surface area contributed by atoms with Gasteiger partial charge in [-0.25, -0.2) is 17.6 Å². The molecule has 0 amide bonds. The molecule has 0 heterocycles. The lowest BCUT2D eigenvalue weighted by Gasteiger charge is -2.09. The zero-order valence-electron chi connectivity index (χ0n) is 11.4. The van der Waals surface area contributed by atoms with E-state index in [2.05, 4.69) is 0 Å². The molecule has 0 atom stereocenters. The smallest absolute Gasteiger partial charge is 0.132 e. The fraction of sp³-hybridized carbons (Fsp3) is 0.250. The summed E-state index contributed by atoms with van der Waals surface area (Å²) in [6.45, 7) is 1.44. The largest absolute Gasteiger partial charge is 0.493 e. The molecular weight excluding hydrogens is 284 g/mol. The van der Waals surface area contributed by atoms with Gasteiger partial charge in [-0.05, 0) is 31.9 Å². The van der Waals surface area contributed by atoms with Gasteiger partial charge in [-0.3, -0.25) is 0 Å². The highest BCUT2D eigenvalue weighted by atomic mass is 19.1. The Hall–Kier alpha value is -2.04. The molecule has 0 saturated carbocycles. The topological polar surface area (TPSA) is 9.23 Å². The van der Waals surface area contributed by atoms with Gasteiger partial charge in [0, 0.05) is 23.3 Å². The Morgan fingerprint density at radius 1 is 0.905 bits per heavy atom. The fourth-order valence-corrected chi connectivity index (χ4v) is 1.92. The lowest BCUT2D eigenvalue weighted by molar-refractivity contribution is 0.306. The Balaban J connectivity index is 1.91. The van der Waals surface area contributed by atoms with E-state index < -0.39 is 23.3 Å². The first-order chi connectivity index (χ1) is 9.99. The summed E-state index contributed by atoms with van der Waals surface area (Å²) < 4.78 is 58.5. The molecule has 0 aliphatic heterocycles. The van der Waals surface area contributed by atoms with Crippen LogP contribution in [0.2, 0.25) is 0 Å². The van der Waals surface area contributed by atoms with Crippen molar-refractivity contribution in [2.45, 2.75) is 19.8 Å².